The number of furan rings is 1. The van der Waals surface area contributed by atoms with Crippen molar-refractivity contribution in [2.45, 2.75) is 19.3 Å². The Morgan fingerprint density at radius 3 is 2.14 bits per heavy atom. The Balaban J connectivity index is 1.12. The van der Waals surface area contributed by atoms with E-state index >= 15 is 0 Å². The highest BCUT2D eigenvalue weighted by molar-refractivity contribution is 6.19. The summed E-state index contributed by atoms with van der Waals surface area (Å²) in [5, 5.41) is 6.96. The molecule has 0 radical (unpaired) electrons. The summed E-state index contributed by atoms with van der Waals surface area (Å²) in [5.41, 5.74) is 14.3. The number of benzene rings is 8. The van der Waals surface area contributed by atoms with Crippen molar-refractivity contribution in [3.8, 4) is 56.0 Å². The zero-order valence-electron chi connectivity index (χ0n) is 27.2. The molecule has 0 fully saturated rings. The number of hydrogen-bond acceptors (Lipinski definition) is 2. The summed E-state index contributed by atoms with van der Waals surface area (Å²) in [6.07, 6.45) is 0. The summed E-state index contributed by atoms with van der Waals surface area (Å²) in [7, 11) is 0. The Hall–Kier alpha value is -6.12. The summed E-state index contributed by atoms with van der Waals surface area (Å²) in [4.78, 5) is 0. The van der Waals surface area contributed by atoms with Gasteiger partial charge < -0.3 is 9.15 Å². The maximum Gasteiger partial charge on any atom is 0.143 e. The topological polar surface area (TPSA) is 22.4 Å². The lowest BCUT2D eigenvalue weighted by Gasteiger charge is -2.24. The highest BCUT2D eigenvalue weighted by Gasteiger charge is 2.37. The number of hydrogen-bond donors (Lipinski definition) is 0. The normalized spacial score (nSPS) is 13.8. The summed E-state index contributed by atoms with van der Waals surface area (Å²) < 4.78 is 13.2. The fourth-order valence-electron chi connectivity index (χ4n) is 8.81. The summed E-state index contributed by atoms with van der Waals surface area (Å²) in [6, 6.07) is 52.6. The van der Waals surface area contributed by atoms with Gasteiger partial charge in [-0.15, -0.1) is 0 Å². The lowest BCUT2D eigenvalue weighted by molar-refractivity contribution is 0.487. The molecule has 2 heterocycles. The molecule has 2 nitrogen and oxygen atoms in total. The Bertz CT molecular complexity index is 2880. The maximum absolute atomic E-state index is 6.69. The fourth-order valence-corrected chi connectivity index (χ4v) is 8.81. The van der Waals surface area contributed by atoms with Crippen LogP contribution in [0, 0.1) is 0 Å². The largest absolute Gasteiger partial charge is 0.456 e. The summed E-state index contributed by atoms with van der Waals surface area (Å²) >= 11 is 0. The summed E-state index contributed by atoms with van der Waals surface area (Å²) in [5.74, 6) is 1.78. The van der Waals surface area contributed by atoms with Gasteiger partial charge in [-0.25, -0.2) is 0 Å². The van der Waals surface area contributed by atoms with E-state index in [1.54, 1.807) is 0 Å². The fraction of sp³-hybridized carbons (Fsp3) is 0.0638. The van der Waals surface area contributed by atoms with Gasteiger partial charge in [-0.2, -0.15) is 0 Å². The first-order chi connectivity index (χ1) is 24.1. The van der Waals surface area contributed by atoms with E-state index in [2.05, 4.69) is 159 Å². The van der Waals surface area contributed by atoms with Crippen molar-refractivity contribution in [3.63, 3.8) is 0 Å². The Kier molecular flexibility index (Phi) is 5.21. The molecule has 0 spiro atoms. The second-order valence-corrected chi connectivity index (χ2v) is 14.0. The van der Waals surface area contributed by atoms with E-state index in [9.17, 15) is 0 Å². The van der Waals surface area contributed by atoms with Crippen LogP contribution in [0.1, 0.15) is 25.0 Å². The Morgan fingerprint density at radius 1 is 0.449 bits per heavy atom. The van der Waals surface area contributed by atoms with Gasteiger partial charge in [0, 0.05) is 32.5 Å². The van der Waals surface area contributed by atoms with Crippen molar-refractivity contribution in [3.05, 3.63) is 157 Å². The van der Waals surface area contributed by atoms with Gasteiger partial charge >= 0.3 is 0 Å². The Labute approximate surface area is 283 Å². The van der Waals surface area contributed by atoms with Crippen LogP contribution in [0.15, 0.2) is 150 Å². The second kappa shape index (κ2) is 9.49. The maximum atomic E-state index is 6.69. The predicted octanol–water partition coefficient (Wildman–Crippen LogP) is 13.3. The highest BCUT2D eigenvalue weighted by atomic mass is 16.5. The van der Waals surface area contributed by atoms with Crippen LogP contribution >= 0.6 is 0 Å². The number of ether oxygens (including phenoxy) is 1. The zero-order valence-corrected chi connectivity index (χ0v) is 27.2. The van der Waals surface area contributed by atoms with Crippen LogP contribution < -0.4 is 4.74 Å². The smallest absolute Gasteiger partial charge is 0.143 e. The standard InChI is InChI=1S/C47H30O2/c1-47(2)38-17-6-5-12-35(38)43-32(16-8-18-39(43)47)31-23-25-42-45-33(31)14-7-15-34(45)37-26-28(21-24-40(37)48-42)29-13-9-19-41-44(29)36-22-20-27-10-3-4-11-30(27)46(36)49-41/h3-26H,1-2H3. The van der Waals surface area contributed by atoms with Crippen LogP contribution in [-0.2, 0) is 5.41 Å². The zero-order chi connectivity index (χ0) is 32.4. The van der Waals surface area contributed by atoms with Gasteiger partial charge in [0.2, 0.25) is 0 Å². The first-order valence-electron chi connectivity index (χ1n) is 17.0. The van der Waals surface area contributed by atoms with E-state index < -0.39 is 0 Å². The molecular weight excluding hydrogens is 597 g/mol. The molecule has 0 saturated heterocycles. The van der Waals surface area contributed by atoms with E-state index in [1.807, 2.05) is 0 Å². The third-order valence-electron chi connectivity index (χ3n) is 11.1. The summed E-state index contributed by atoms with van der Waals surface area (Å²) in [6.45, 7) is 4.69. The van der Waals surface area contributed by atoms with Crippen LogP contribution in [0.5, 0.6) is 11.5 Å². The molecule has 0 bridgehead atoms. The lowest BCUT2D eigenvalue weighted by Crippen LogP contribution is -2.14. The number of fused-ring (bicyclic) bond motifs is 10. The first kappa shape index (κ1) is 26.9. The molecule has 11 rings (SSSR count). The van der Waals surface area contributed by atoms with Gasteiger partial charge in [-0.05, 0) is 91.2 Å². The van der Waals surface area contributed by atoms with Crippen LogP contribution in [0.3, 0.4) is 0 Å². The third kappa shape index (κ3) is 3.55. The molecule has 230 valence electrons. The van der Waals surface area contributed by atoms with E-state index in [0.29, 0.717) is 0 Å². The first-order valence-corrected chi connectivity index (χ1v) is 17.0. The molecule has 2 heteroatoms. The molecule has 1 aromatic heterocycles. The van der Waals surface area contributed by atoms with Crippen molar-refractivity contribution in [2.24, 2.45) is 0 Å². The lowest BCUT2D eigenvalue weighted by atomic mass is 9.81. The van der Waals surface area contributed by atoms with Crippen LogP contribution in [0.2, 0.25) is 0 Å². The van der Waals surface area contributed by atoms with E-state index in [0.717, 1.165) is 60.9 Å². The SMILES string of the molecule is CC1(C)c2ccccc2-c2c(-c3ccc4c5c(cccc35)-c3cc(-c5cccc6oc7c8ccccc8ccc7c56)ccc3O4)cccc21. The van der Waals surface area contributed by atoms with E-state index in [-0.39, 0.29) is 5.41 Å². The number of rotatable bonds is 2. The van der Waals surface area contributed by atoms with E-state index in [4.69, 9.17) is 9.15 Å². The molecule has 8 aromatic carbocycles. The van der Waals surface area contributed by atoms with Crippen molar-refractivity contribution in [2.75, 3.05) is 0 Å². The van der Waals surface area contributed by atoms with Gasteiger partial charge in [0.25, 0.3) is 0 Å². The minimum Gasteiger partial charge on any atom is -0.456 e. The van der Waals surface area contributed by atoms with Gasteiger partial charge in [0.1, 0.15) is 22.7 Å². The third-order valence-corrected chi connectivity index (χ3v) is 11.1. The van der Waals surface area contributed by atoms with Gasteiger partial charge in [0.05, 0.1) is 0 Å². The van der Waals surface area contributed by atoms with Crippen molar-refractivity contribution in [1.82, 2.24) is 0 Å². The molecule has 1 aliphatic carbocycles. The highest BCUT2D eigenvalue weighted by Crippen LogP contribution is 2.55. The van der Waals surface area contributed by atoms with Crippen LogP contribution in [0.25, 0.3) is 88.0 Å². The average molecular weight is 627 g/mol. The van der Waals surface area contributed by atoms with Crippen molar-refractivity contribution in [1.29, 1.82) is 0 Å². The molecule has 1 aliphatic heterocycles. The second-order valence-electron chi connectivity index (χ2n) is 14.0. The van der Waals surface area contributed by atoms with Crippen molar-refractivity contribution >= 4 is 43.5 Å². The monoisotopic (exact) mass is 626 g/mol. The van der Waals surface area contributed by atoms with Crippen molar-refractivity contribution < 1.29 is 9.15 Å². The van der Waals surface area contributed by atoms with Crippen LogP contribution in [-0.4, -0.2) is 0 Å². The minimum absolute atomic E-state index is 0.0526. The molecular formula is C47H30O2. The molecule has 0 atom stereocenters. The van der Waals surface area contributed by atoms with Gasteiger partial charge in [-0.3, -0.25) is 0 Å². The quantitative estimate of drug-likeness (QED) is 0.190. The molecule has 2 aliphatic rings. The molecule has 49 heavy (non-hydrogen) atoms. The van der Waals surface area contributed by atoms with Gasteiger partial charge in [0.15, 0.2) is 0 Å². The average Bonchev–Trinajstić information content (AvgIpc) is 3.65. The van der Waals surface area contributed by atoms with E-state index in [1.165, 1.54) is 49.7 Å². The molecule has 0 saturated carbocycles. The molecule has 9 aromatic rings. The van der Waals surface area contributed by atoms with Crippen LogP contribution in [0.4, 0.5) is 0 Å². The minimum atomic E-state index is -0.0526. The van der Waals surface area contributed by atoms with Gasteiger partial charge in [-0.1, -0.05) is 129 Å². The predicted molar refractivity (Wildman–Crippen MR) is 203 cm³/mol. The molecule has 0 amide bonds. The molecule has 0 unspecified atom stereocenters. The Morgan fingerprint density at radius 2 is 1.18 bits per heavy atom. The molecule has 0 N–H and O–H groups in total.